The lowest BCUT2D eigenvalue weighted by molar-refractivity contribution is 0.171. The van der Waals surface area contributed by atoms with Crippen molar-refractivity contribution < 1.29 is 14.3 Å². The minimum absolute atomic E-state index is 0.331. The molecule has 0 saturated carbocycles. The summed E-state index contributed by atoms with van der Waals surface area (Å²) in [6.07, 6.45) is 3.37. The first-order valence-electron chi connectivity index (χ1n) is 6.74. The van der Waals surface area contributed by atoms with Gasteiger partial charge in [-0.05, 0) is 19.1 Å². The molecule has 1 aliphatic heterocycles. The van der Waals surface area contributed by atoms with Crippen molar-refractivity contribution in [1.29, 1.82) is 0 Å². The van der Waals surface area contributed by atoms with Crippen molar-refractivity contribution in [2.45, 2.75) is 13.5 Å². The van der Waals surface area contributed by atoms with E-state index in [1.165, 1.54) is 0 Å². The predicted molar refractivity (Wildman–Crippen MR) is 78.0 cm³/mol. The Balaban J connectivity index is 1.64. The van der Waals surface area contributed by atoms with E-state index >= 15 is 0 Å². The van der Waals surface area contributed by atoms with Crippen molar-refractivity contribution in [2.75, 3.05) is 23.8 Å². The molecule has 2 amide bonds. The molecule has 2 heterocycles. The Bertz CT molecular complexity index is 653. The number of nitrogens with zero attached hydrogens (tertiary/aromatic N) is 2. The number of carbonyl (C=O) groups excluding carboxylic acids is 1. The maximum Gasteiger partial charge on any atom is 0.323 e. The molecule has 1 aromatic carbocycles. The van der Waals surface area contributed by atoms with Gasteiger partial charge < -0.3 is 20.1 Å². The molecule has 1 aromatic heterocycles. The van der Waals surface area contributed by atoms with Gasteiger partial charge in [0.05, 0.1) is 11.9 Å². The zero-order valence-corrected chi connectivity index (χ0v) is 11.6. The molecule has 0 atom stereocenters. The van der Waals surface area contributed by atoms with Crippen LogP contribution in [0.2, 0.25) is 0 Å². The zero-order chi connectivity index (χ0) is 14.7. The summed E-state index contributed by atoms with van der Waals surface area (Å²) in [5, 5.41) is 9.55. The fourth-order valence-electron chi connectivity index (χ4n) is 2.02. The first-order valence-corrected chi connectivity index (χ1v) is 6.74. The molecule has 3 rings (SSSR count). The molecule has 1 aliphatic rings. The van der Waals surface area contributed by atoms with Crippen LogP contribution in [0.1, 0.15) is 6.92 Å². The first-order chi connectivity index (χ1) is 10.2. The normalized spacial score (nSPS) is 12.8. The highest BCUT2D eigenvalue weighted by Crippen LogP contribution is 2.32. The van der Waals surface area contributed by atoms with Gasteiger partial charge in [-0.1, -0.05) is 0 Å². The summed E-state index contributed by atoms with van der Waals surface area (Å²) in [7, 11) is 0. The van der Waals surface area contributed by atoms with E-state index in [-0.39, 0.29) is 6.03 Å². The van der Waals surface area contributed by atoms with Crippen LogP contribution < -0.4 is 20.1 Å². The zero-order valence-electron chi connectivity index (χ0n) is 11.6. The summed E-state index contributed by atoms with van der Waals surface area (Å²) < 4.78 is 12.6. The molecule has 7 nitrogen and oxygen atoms in total. The number of amides is 2. The van der Waals surface area contributed by atoms with Gasteiger partial charge in [0.15, 0.2) is 11.5 Å². The van der Waals surface area contributed by atoms with E-state index in [4.69, 9.17) is 9.47 Å². The van der Waals surface area contributed by atoms with E-state index in [0.717, 1.165) is 6.54 Å². The maximum absolute atomic E-state index is 11.9. The fourth-order valence-corrected chi connectivity index (χ4v) is 2.02. The Labute approximate surface area is 121 Å². The number of anilines is 2. The van der Waals surface area contributed by atoms with Gasteiger partial charge in [0.1, 0.15) is 13.2 Å². The first kappa shape index (κ1) is 13.3. The van der Waals surface area contributed by atoms with Crippen molar-refractivity contribution in [2.24, 2.45) is 0 Å². The molecule has 0 aliphatic carbocycles. The molecule has 21 heavy (non-hydrogen) atoms. The van der Waals surface area contributed by atoms with Gasteiger partial charge in [-0.25, -0.2) is 4.79 Å². The fraction of sp³-hybridized carbons (Fsp3) is 0.286. The number of carbonyl (C=O) groups is 1. The van der Waals surface area contributed by atoms with Crippen molar-refractivity contribution >= 4 is 17.4 Å². The second kappa shape index (κ2) is 5.74. The van der Waals surface area contributed by atoms with E-state index in [1.807, 2.05) is 6.92 Å². The van der Waals surface area contributed by atoms with Crippen molar-refractivity contribution in [1.82, 2.24) is 9.78 Å². The molecular formula is C14H16N4O3. The Morgan fingerprint density at radius 2 is 2.00 bits per heavy atom. The lowest BCUT2D eigenvalue weighted by Crippen LogP contribution is -2.20. The van der Waals surface area contributed by atoms with Crippen LogP contribution in [-0.2, 0) is 6.54 Å². The Morgan fingerprint density at radius 1 is 1.24 bits per heavy atom. The SMILES string of the molecule is CCn1cc(NC(=O)Nc2ccc3c(c2)OCCO3)cn1. The average molecular weight is 288 g/mol. The highest BCUT2D eigenvalue weighted by Gasteiger charge is 2.13. The maximum atomic E-state index is 11.9. The van der Waals surface area contributed by atoms with Crippen molar-refractivity contribution in [3.63, 3.8) is 0 Å². The van der Waals surface area contributed by atoms with E-state index in [0.29, 0.717) is 36.1 Å². The summed E-state index contributed by atoms with van der Waals surface area (Å²) >= 11 is 0. The van der Waals surface area contributed by atoms with Gasteiger partial charge in [-0.15, -0.1) is 0 Å². The van der Waals surface area contributed by atoms with Crippen LogP contribution in [-0.4, -0.2) is 29.0 Å². The number of rotatable bonds is 3. The number of nitrogens with one attached hydrogen (secondary N) is 2. The Hall–Kier alpha value is -2.70. The van der Waals surface area contributed by atoms with Gasteiger partial charge in [0.25, 0.3) is 0 Å². The van der Waals surface area contributed by atoms with E-state index in [1.54, 1.807) is 35.3 Å². The molecule has 7 heteroatoms. The van der Waals surface area contributed by atoms with Crippen LogP contribution >= 0.6 is 0 Å². The van der Waals surface area contributed by atoms with Gasteiger partial charge in [0.2, 0.25) is 0 Å². The molecule has 2 N–H and O–H groups in total. The number of benzene rings is 1. The van der Waals surface area contributed by atoms with Crippen LogP contribution in [0.4, 0.5) is 16.2 Å². The lowest BCUT2D eigenvalue weighted by Gasteiger charge is -2.19. The van der Waals surface area contributed by atoms with E-state index < -0.39 is 0 Å². The van der Waals surface area contributed by atoms with E-state index in [9.17, 15) is 4.79 Å². The minimum Gasteiger partial charge on any atom is -0.486 e. The minimum atomic E-state index is -0.331. The average Bonchev–Trinajstić information content (AvgIpc) is 2.94. The second-order valence-electron chi connectivity index (χ2n) is 4.52. The summed E-state index contributed by atoms with van der Waals surface area (Å²) in [6.45, 7) is 3.79. The number of aryl methyl sites for hydroxylation is 1. The largest absolute Gasteiger partial charge is 0.486 e. The number of hydrogen-bond donors (Lipinski definition) is 2. The predicted octanol–water partition coefficient (Wildman–Crippen LogP) is 2.32. The number of urea groups is 1. The molecule has 2 aromatic rings. The quantitative estimate of drug-likeness (QED) is 0.908. The van der Waals surface area contributed by atoms with Crippen LogP contribution in [0.25, 0.3) is 0 Å². The third-order valence-corrected chi connectivity index (χ3v) is 3.02. The van der Waals surface area contributed by atoms with Crippen molar-refractivity contribution in [3.8, 4) is 11.5 Å². The molecule has 0 bridgehead atoms. The van der Waals surface area contributed by atoms with Gasteiger partial charge in [0, 0.05) is 24.5 Å². The van der Waals surface area contributed by atoms with E-state index in [2.05, 4.69) is 15.7 Å². The topological polar surface area (TPSA) is 77.4 Å². The number of hydrogen-bond acceptors (Lipinski definition) is 4. The van der Waals surface area contributed by atoms with Crippen LogP contribution in [0, 0.1) is 0 Å². The molecule has 110 valence electrons. The standard InChI is InChI=1S/C14H16N4O3/c1-2-18-9-11(8-15-18)17-14(19)16-10-3-4-12-13(7-10)21-6-5-20-12/h3-4,7-9H,2,5-6H2,1H3,(H2,16,17,19). The third-order valence-electron chi connectivity index (χ3n) is 3.02. The smallest absolute Gasteiger partial charge is 0.323 e. The molecule has 0 unspecified atom stereocenters. The molecular weight excluding hydrogens is 272 g/mol. The third kappa shape index (κ3) is 3.07. The molecule has 0 spiro atoms. The highest BCUT2D eigenvalue weighted by atomic mass is 16.6. The van der Waals surface area contributed by atoms with Gasteiger partial charge in [-0.3, -0.25) is 4.68 Å². The summed E-state index contributed by atoms with van der Waals surface area (Å²) in [4.78, 5) is 11.9. The molecule has 0 radical (unpaired) electrons. The second-order valence-corrected chi connectivity index (χ2v) is 4.52. The van der Waals surface area contributed by atoms with Gasteiger partial charge >= 0.3 is 6.03 Å². The van der Waals surface area contributed by atoms with Crippen LogP contribution in [0.15, 0.2) is 30.6 Å². The number of ether oxygens (including phenoxy) is 2. The molecule has 0 saturated heterocycles. The summed E-state index contributed by atoms with van der Waals surface area (Å²) in [6, 6.07) is 4.95. The van der Waals surface area contributed by atoms with Crippen LogP contribution in [0.5, 0.6) is 11.5 Å². The Kier molecular flexibility index (Phi) is 3.63. The number of fused-ring (bicyclic) bond motifs is 1. The Morgan fingerprint density at radius 3 is 2.76 bits per heavy atom. The van der Waals surface area contributed by atoms with Crippen LogP contribution in [0.3, 0.4) is 0 Å². The molecule has 0 fully saturated rings. The highest BCUT2D eigenvalue weighted by molar-refractivity contribution is 5.99. The van der Waals surface area contributed by atoms with Gasteiger partial charge in [-0.2, -0.15) is 5.10 Å². The monoisotopic (exact) mass is 288 g/mol. The summed E-state index contributed by atoms with van der Waals surface area (Å²) in [5.74, 6) is 1.33. The summed E-state index contributed by atoms with van der Waals surface area (Å²) in [5.41, 5.74) is 1.28. The lowest BCUT2D eigenvalue weighted by atomic mass is 10.2. The number of aromatic nitrogens is 2. The van der Waals surface area contributed by atoms with Crippen molar-refractivity contribution in [3.05, 3.63) is 30.6 Å².